The first kappa shape index (κ1) is 23.7. The summed E-state index contributed by atoms with van der Waals surface area (Å²) in [4.78, 5) is 24.2. The zero-order valence-corrected chi connectivity index (χ0v) is 18.6. The van der Waals surface area contributed by atoms with Crippen molar-refractivity contribution in [3.8, 4) is 5.75 Å². The Kier molecular flexibility index (Phi) is 8.20. The van der Waals surface area contributed by atoms with Crippen LogP contribution in [0.4, 0.5) is 0 Å². The molecular weight excluding hydrogens is 434 g/mol. The van der Waals surface area contributed by atoms with Gasteiger partial charge in [0, 0.05) is 13.1 Å². The van der Waals surface area contributed by atoms with Gasteiger partial charge in [-0.05, 0) is 42.7 Å². The van der Waals surface area contributed by atoms with Crippen LogP contribution in [-0.2, 0) is 30.8 Å². The maximum Gasteiger partial charge on any atom is 0.309 e. The van der Waals surface area contributed by atoms with Gasteiger partial charge in [-0.25, -0.2) is 8.42 Å². The summed E-state index contributed by atoms with van der Waals surface area (Å²) in [6, 6.07) is 15.9. The van der Waals surface area contributed by atoms with E-state index in [9.17, 15) is 18.0 Å². The highest BCUT2D eigenvalue weighted by Crippen LogP contribution is 2.23. The standard InChI is InChI=1S/C22H27N3O6S/c1-30-18-9-11-19(12-10-18)32(28,29)25-14-15-31-20(25)16-24-22(27)21(26)23-13-5-8-17-6-3-2-4-7-17/h2-4,6-7,9-12,20H,5,8,13-16H2,1H3,(H,23,26)(H,24,27)/t20-/m0/s1. The van der Waals surface area contributed by atoms with Crippen LogP contribution in [0.25, 0.3) is 0 Å². The summed E-state index contributed by atoms with van der Waals surface area (Å²) in [5.41, 5.74) is 1.16. The Morgan fingerprint density at radius 3 is 2.44 bits per heavy atom. The Bertz CT molecular complexity index is 1010. The minimum absolute atomic E-state index is 0.0938. The summed E-state index contributed by atoms with van der Waals surface area (Å²) in [6.07, 6.45) is 0.594. The molecule has 9 nitrogen and oxygen atoms in total. The molecule has 2 aromatic carbocycles. The number of amides is 2. The van der Waals surface area contributed by atoms with Gasteiger partial charge in [0.25, 0.3) is 0 Å². The number of nitrogens with zero attached hydrogens (tertiary/aromatic N) is 1. The molecule has 0 saturated carbocycles. The van der Waals surface area contributed by atoms with Crippen molar-refractivity contribution in [3.05, 3.63) is 60.2 Å². The summed E-state index contributed by atoms with van der Waals surface area (Å²) < 4.78 is 37.6. The van der Waals surface area contributed by atoms with Gasteiger partial charge in [-0.3, -0.25) is 9.59 Å². The quantitative estimate of drug-likeness (QED) is 0.424. The monoisotopic (exact) mass is 461 g/mol. The number of aryl methyl sites for hydroxylation is 1. The van der Waals surface area contributed by atoms with Crippen molar-refractivity contribution >= 4 is 21.8 Å². The minimum atomic E-state index is -3.82. The highest BCUT2D eigenvalue weighted by atomic mass is 32.2. The Morgan fingerprint density at radius 2 is 1.75 bits per heavy atom. The molecule has 32 heavy (non-hydrogen) atoms. The molecule has 0 bridgehead atoms. The molecule has 1 saturated heterocycles. The molecule has 0 aromatic heterocycles. The summed E-state index contributed by atoms with van der Waals surface area (Å²) in [7, 11) is -2.33. The van der Waals surface area contributed by atoms with E-state index < -0.39 is 28.1 Å². The number of sulfonamides is 1. The number of rotatable bonds is 9. The molecule has 1 fully saturated rings. The third-order valence-corrected chi connectivity index (χ3v) is 6.93. The molecule has 1 aliphatic rings. The molecule has 2 N–H and O–H groups in total. The van der Waals surface area contributed by atoms with Crippen molar-refractivity contribution in [1.82, 2.24) is 14.9 Å². The van der Waals surface area contributed by atoms with Crippen molar-refractivity contribution in [2.24, 2.45) is 0 Å². The van der Waals surface area contributed by atoms with E-state index in [4.69, 9.17) is 9.47 Å². The van der Waals surface area contributed by atoms with Gasteiger partial charge in [-0.1, -0.05) is 30.3 Å². The first-order valence-electron chi connectivity index (χ1n) is 10.3. The van der Waals surface area contributed by atoms with Crippen LogP contribution in [0.3, 0.4) is 0 Å². The largest absolute Gasteiger partial charge is 0.497 e. The maximum absolute atomic E-state index is 12.9. The molecule has 1 aliphatic heterocycles. The Labute approximate surface area is 187 Å². The van der Waals surface area contributed by atoms with Crippen molar-refractivity contribution in [3.63, 3.8) is 0 Å². The van der Waals surface area contributed by atoms with E-state index in [2.05, 4.69) is 10.6 Å². The second-order valence-corrected chi connectivity index (χ2v) is 9.06. The number of hydrogen-bond acceptors (Lipinski definition) is 6. The highest BCUT2D eigenvalue weighted by molar-refractivity contribution is 7.89. The molecule has 0 unspecified atom stereocenters. The predicted octanol–water partition coefficient (Wildman–Crippen LogP) is 0.907. The van der Waals surface area contributed by atoms with E-state index in [1.807, 2.05) is 30.3 Å². The lowest BCUT2D eigenvalue weighted by molar-refractivity contribution is -0.139. The highest BCUT2D eigenvalue weighted by Gasteiger charge is 2.36. The molecule has 10 heteroatoms. The smallest absolute Gasteiger partial charge is 0.309 e. The maximum atomic E-state index is 12.9. The fraction of sp³-hybridized carbons (Fsp3) is 0.364. The summed E-state index contributed by atoms with van der Waals surface area (Å²) in [5.74, 6) is -1.05. The van der Waals surface area contributed by atoms with Crippen molar-refractivity contribution in [1.29, 1.82) is 0 Å². The van der Waals surface area contributed by atoms with Gasteiger partial charge in [0.15, 0.2) is 0 Å². The van der Waals surface area contributed by atoms with Gasteiger partial charge < -0.3 is 20.1 Å². The molecule has 1 heterocycles. The molecule has 2 aromatic rings. The summed E-state index contributed by atoms with van der Waals surface area (Å²) >= 11 is 0. The SMILES string of the molecule is COc1ccc(S(=O)(=O)N2CCO[C@H]2CNC(=O)C(=O)NCCCc2ccccc2)cc1. The summed E-state index contributed by atoms with van der Waals surface area (Å²) in [5, 5.41) is 5.02. The van der Waals surface area contributed by atoms with E-state index in [0.717, 1.165) is 12.0 Å². The van der Waals surface area contributed by atoms with Gasteiger partial charge in [0.2, 0.25) is 10.0 Å². The van der Waals surface area contributed by atoms with Crippen LogP contribution < -0.4 is 15.4 Å². The van der Waals surface area contributed by atoms with Gasteiger partial charge in [0.05, 0.1) is 25.2 Å². The topological polar surface area (TPSA) is 114 Å². The van der Waals surface area contributed by atoms with Crippen LogP contribution in [0.1, 0.15) is 12.0 Å². The molecule has 2 amide bonds. The van der Waals surface area contributed by atoms with Crippen molar-refractivity contribution in [2.45, 2.75) is 24.0 Å². The molecule has 3 rings (SSSR count). The van der Waals surface area contributed by atoms with Crippen LogP contribution in [0.15, 0.2) is 59.5 Å². The lowest BCUT2D eigenvalue weighted by Gasteiger charge is -2.23. The number of hydrogen-bond donors (Lipinski definition) is 2. The second-order valence-electron chi connectivity index (χ2n) is 7.17. The Morgan fingerprint density at radius 1 is 1.06 bits per heavy atom. The van der Waals surface area contributed by atoms with Gasteiger partial charge in [0.1, 0.15) is 12.0 Å². The van der Waals surface area contributed by atoms with Gasteiger partial charge in [-0.15, -0.1) is 0 Å². The van der Waals surface area contributed by atoms with E-state index in [1.54, 1.807) is 12.1 Å². The van der Waals surface area contributed by atoms with Crippen LogP contribution in [-0.4, -0.2) is 64.1 Å². The molecule has 0 aliphatic carbocycles. The van der Waals surface area contributed by atoms with E-state index in [-0.39, 0.29) is 24.6 Å². The summed E-state index contributed by atoms with van der Waals surface area (Å²) in [6.45, 7) is 0.576. The molecule has 0 spiro atoms. The van der Waals surface area contributed by atoms with E-state index in [0.29, 0.717) is 18.7 Å². The lowest BCUT2D eigenvalue weighted by atomic mass is 10.1. The number of carbonyl (C=O) groups excluding carboxylic acids is 2. The zero-order chi connectivity index (χ0) is 23.0. The average molecular weight is 462 g/mol. The van der Waals surface area contributed by atoms with Crippen LogP contribution >= 0.6 is 0 Å². The molecule has 172 valence electrons. The first-order valence-corrected chi connectivity index (χ1v) is 11.7. The van der Waals surface area contributed by atoms with Crippen LogP contribution in [0, 0.1) is 0 Å². The molecule has 0 radical (unpaired) electrons. The number of carbonyl (C=O) groups is 2. The third-order valence-electron chi connectivity index (χ3n) is 5.02. The van der Waals surface area contributed by atoms with E-state index in [1.165, 1.54) is 23.5 Å². The van der Waals surface area contributed by atoms with Crippen LogP contribution in [0.2, 0.25) is 0 Å². The molecular formula is C22H27N3O6S. The number of methoxy groups -OCH3 is 1. The third kappa shape index (κ3) is 6.06. The Balaban J connectivity index is 1.47. The molecule has 1 atom stereocenters. The van der Waals surface area contributed by atoms with Crippen LogP contribution in [0.5, 0.6) is 5.75 Å². The van der Waals surface area contributed by atoms with Crippen molar-refractivity contribution < 1.29 is 27.5 Å². The first-order chi connectivity index (χ1) is 15.4. The number of ether oxygens (including phenoxy) is 2. The van der Waals surface area contributed by atoms with Gasteiger partial charge >= 0.3 is 11.8 Å². The minimum Gasteiger partial charge on any atom is -0.497 e. The predicted molar refractivity (Wildman–Crippen MR) is 117 cm³/mol. The average Bonchev–Trinajstić information content (AvgIpc) is 3.30. The number of benzene rings is 2. The normalized spacial score (nSPS) is 16.5. The van der Waals surface area contributed by atoms with E-state index >= 15 is 0 Å². The van der Waals surface area contributed by atoms with Gasteiger partial charge in [-0.2, -0.15) is 4.31 Å². The second kappa shape index (κ2) is 11.1. The lowest BCUT2D eigenvalue weighted by Crippen LogP contribution is -2.47. The zero-order valence-electron chi connectivity index (χ0n) is 17.8. The van der Waals surface area contributed by atoms with Crippen molar-refractivity contribution in [2.75, 3.05) is 33.4 Å². The fourth-order valence-electron chi connectivity index (χ4n) is 3.30. The number of nitrogens with one attached hydrogen (secondary N) is 2. The fourth-order valence-corrected chi connectivity index (χ4v) is 4.81. The Hall–Kier alpha value is -2.95.